The lowest BCUT2D eigenvalue weighted by Gasteiger charge is -2.17. The highest BCUT2D eigenvalue weighted by atomic mass is 35.5. The fourth-order valence-electron chi connectivity index (χ4n) is 2.23. The zero-order valence-corrected chi connectivity index (χ0v) is 16.4. The first-order chi connectivity index (χ1) is 11.7. The van der Waals surface area contributed by atoms with Gasteiger partial charge in [0.25, 0.3) is 0 Å². The number of para-hydroxylation sites is 1. The molecule has 0 aliphatic carbocycles. The van der Waals surface area contributed by atoms with Gasteiger partial charge in [0, 0.05) is 34.3 Å². The van der Waals surface area contributed by atoms with Gasteiger partial charge < -0.3 is 14.8 Å². The molecule has 0 aromatic heterocycles. The smallest absolute Gasteiger partial charge is 0.166 e. The topological polar surface area (TPSA) is 30.5 Å². The zero-order valence-electron chi connectivity index (χ0n) is 14.1. The number of nitrogens with one attached hydrogen (secondary N) is 1. The van der Waals surface area contributed by atoms with Crippen LogP contribution in [0.1, 0.15) is 18.1 Å². The number of halogens is 3. The van der Waals surface area contributed by atoms with Gasteiger partial charge >= 0.3 is 0 Å². The maximum Gasteiger partial charge on any atom is 0.166 e. The molecule has 2 aromatic rings. The highest BCUT2D eigenvalue weighted by molar-refractivity contribution is 6.35. The summed E-state index contributed by atoms with van der Waals surface area (Å²) in [6.45, 7) is 7.96. The first kappa shape index (κ1) is 21.7. The lowest BCUT2D eigenvalue weighted by molar-refractivity contribution is 0.266. The van der Waals surface area contributed by atoms with Crippen molar-refractivity contribution in [3.63, 3.8) is 0 Å². The molecule has 136 valence electrons. The van der Waals surface area contributed by atoms with Gasteiger partial charge in [-0.2, -0.15) is 0 Å². The van der Waals surface area contributed by atoms with Crippen molar-refractivity contribution < 1.29 is 9.47 Å². The zero-order chi connectivity index (χ0) is 17.4. The summed E-state index contributed by atoms with van der Waals surface area (Å²) in [5, 5.41) is 4.47. The Kier molecular flexibility index (Phi) is 9.76. The third-order valence-corrected chi connectivity index (χ3v) is 3.94. The monoisotopic (exact) mass is 401 g/mol. The molecule has 0 fully saturated rings. The molecular formula is C19H22Cl3NO2. The fraction of sp³-hybridized carbons (Fsp3) is 0.263. The van der Waals surface area contributed by atoms with Crippen LogP contribution in [0.4, 0.5) is 0 Å². The van der Waals surface area contributed by atoms with E-state index in [1.54, 1.807) is 12.1 Å². The van der Waals surface area contributed by atoms with Gasteiger partial charge in [-0.25, -0.2) is 0 Å². The first-order valence-electron chi connectivity index (χ1n) is 7.78. The van der Waals surface area contributed by atoms with Crippen molar-refractivity contribution in [1.29, 1.82) is 0 Å². The second kappa shape index (κ2) is 11.3. The van der Waals surface area contributed by atoms with Gasteiger partial charge in [0.2, 0.25) is 0 Å². The minimum atomic E-state index is 0. The van der Waals surface area contributed by atoms with E-state index in [-0.39, 0.29) is 12.4 Å². The lowest BCUT2D eigenvalue weighted by atomic mass is 10.1. The molecule has 2 rings (SSSR count). The molecule has 0 saturated heterocycles. The van der Waals surface area contributed by atoms with Gasteiger partial charge in [0.1, 0.15) is 6.61 Å². The number of rotatable bonds is 9. The van der Waals surface area contributed by atoms with Crippen LogP contribution in [0.3, 0.4) is 0 Å². The molecule has 0 aliphatic heterocycles. The predicted molar refractivity (Wildman–Crippen MR) is 108 cm³/mol. The normalized spacial score (nSPS) is 10.0. The Labute approximate surface area is 165 Å². The van der Waals surface area contributed by atoms with Crippen LogP contribution in [0.2, 0.25) is 10.0 Å². The number of hydrogen-bond donors (Lipinski definition) is 1. The van der Waals surface area contributed by atoms with Gasteiger partial charge in [0.05, 0.1) is 6.61 Å². The summed E-state index contributed by atoms with van der Waals surface area (Å²) in [4.78, 5) is 0. The van der Waals surface area contributed by atoms with E-state index in [9.17, 15) is 0 Å². The number of benzene rings is 2. The predicted octanol–water partition coefficient (Wildman–Crippen LogP) is 5.67. The molecule has 0 atom stereocenters. The molecule has 0 spiro atoms. The molecule has 2 aromatic carbocycles. The molecule has 0 aliphatic rings. The highest BCUT2D eigenvalue weighted by Gasteiger charge is 2.12. The van der Waals surface area contributed by atoms with Crippen LogP contribution in [0.25, 0.3) is 0 Å². The Morgan fingerprint density at radius 2 is 1.92 bits per heavy atom. The standard InChI is InChI=1S/C19H21Cl2NO2.ClH/c1-3-10-22-12-14-6-5-7-18(23-4-2)19(14)24-13-15-8-9-16(20)11-17(15)21;/h3,5-9,11,22H,1,4,10,12-13H2,2H3;1H. The van der Waals surface area contributed by atoms with Crippen LogP contribution in [-0.4, -0.2) is 13.2 Å². The molecule has 25 heavy (non-hydrogen) atoms. The van der Waals surface area contributed by atoms with Crippen LogP contribution in [0.5, 0.6) is 11.5 Å². The van der Waals surface area contributed by atoms with E-state index in [0.29, 0.717) is 29.8 Å². The summed E-state index contributed by atoms with van der Waals surface area (Å²) in [7, 11) is 0. The Balaban J connectivity index is 0.00000312. The first-order valence-corrected chi connectivity index (χ1v) is 8.54. The summed E-state index contributed by atoms with van der Waals surface area (Å²) >= 11 is 12.2. The summed E-state index contributed by atoms with van der Waals surface area (Å²) in [5.41, 5.74) is 1.89. The van der Waals surface area contributed by atoms with Crippen LogP contribution in [-0.2, 0) is 13.2 Å². The third-order valence-electron chi connectivity index (χ3n) is 3.35. The number of ether oxygens (including phenoxy) is 2. The van der Waals surface area contributed by atoms with E-state index in [1.807, 2.05) is 37.3 Å². The van der Waals surface area contributed by atoms with Crippen molar-refractivity contribution in [2.24, 2.45) is 0 Å². The highest BCUT2D eigenvalue weighted by Crippen LogP contribution is 2.33. The quantitative estimate of drug-likeness (QED) is 0.433. The summed E-state index contributed by atoms with van der Waals surface area (Å²) in [6.07, 6.45) is 1.82. The Hall–Kier alpha value is -1.39. The van der Waals surface area contributed by atoms with Gasteiger partial charge in [0.15, 0.2) is 11.5 Å². The third kappa shape index (κ3) is 6.44. The Morgan fingerprint density at radius 3 is 2.60 bits per heavy atom. The van der Waals surface area contributed by atoms with Crippen molar-refractivity contribution in [1.82, 2.24) is 5.32 Å². The molecule has 0 saturated carbocycles. The molecular weight excluding hydrogens is 381 g/mol. The SMILES string of the molecule is C=CCNCc1cccc(OCC)c1OCc1ccc(Cl)cc1Cl.Cl. The van der Waals surface area contributed by atoms with E-state index in [1.165, 1.54) is 0 Å². The molecule has 0 radical (unpaired) electrons. The average molecular weight is 403 g/mol. The summed E-state index contributed by atoms with van der Waals surface area (Å²) in [6, 6.07) is 11.2. The molecule has 0 unspecified atom stereocenters. The van der Waals surface area contributed by atoms with Crippen molar-refractivity contribution in [2.75, 3.05) is 13.2 Å². The van der Waals surface area contributed by atoms with Gasteiger partial charge in [-0.15, -0.1) is 19.0 Å². The second-order valence-corrected chi connectivity index (χ2v) is 5.97. The van der Waals surface area contributed by atoms with Gasteiger partial charge in [-0.05, 0) is 25.1 Å². The summed E-state index contributed by atoms with van der Waals surface area (Å²) < 4.78 is 11.7. The van der Waals surface area contributed by atoms with Crippen LogP contribution >= 0.6 is 35.6 Å². The number of hydrogen-bond acceptors (Lipinski definition) is 3. The van der Waals surface area contributed by atoms with E-state index in [4.69, 9.17) is 32.7 Å². The molecule has 0 bridgehead atoms. The van der Waals surface area contributed by atoms with Crippen molar-refractivity contribution in [3.8, 4) is 11.5 Å². The van der Waals surface area contributed by atoms with E-state index >= 15 is 0 Å². The van der Waals surface area contributed by atoms with Gasteiger partial charge in [-0.1, -0.05) is 47.5 Å². The van der Waals surface area contributed by atoms with Gasteiger partial charge in [-0.3, -0.25) is 0 Å². The second-order valence-electron chi connectivity index (χ2n) is 5.12. The van der Waals surface area contributed by atoms with Crippen molar-refractivity contribution >= 4 is 35.6 Å². The maximum atomic E-state index is 6.22. The Morgan fingerprint density at radius 1 is 1.12 bits per heavy atom. The largest absolute Gasteiger partial charge is 0.490 e. The lowest BCUT2D eigenvalue weighted by Crippen LogP contribution is -2.14. The van der Waals surface area contributed by atoms with Crippen LogP contribution in [0.15, 0.2) is 49.1 Å². The average Bonchev–Trinajstić information content (AvgIpc) is 2.56. The van der Waals surface area contributed by atoms with Crippen molar-refractivity contribution in [2.45, 2.75) is 20.1 Å². The Bertz CT molecular complexity index is 692. The van der Waals surface area contributed by atoms with E-state index < -0.39 is 0 Å². The summed E-state index contributed by atoms with van der Waals surface area (Å²) in [5.74, 6) is 1.45. The minimum Gasteiger partial charge on any atom is -0.490 e. The van der Waals surface area contributed by atoms with Crippen LogP contribution < -0.4 is 14.8 Å². The molecule has 0 heterocycles. The minimum absolute atomic E-state index is 0. The van der Waals surface area contributed by atoms with Crippen molar-refractivity contribution in [3.05, 3.63) is 70.2 Å². The van der Waals surface area contributed by atoms with E-state index in [0.717, 1.165) is 29.2 Å². The fourth-order valence-corrected chi connectivity index (χ4v) is 2.69. The molecule has 1 N–H and O–H groups in total. The molecule has 3 nitrogen and oxygen atoms in total. The maximum absolute atomic E-state index is 6.22. The molecule has 6 heteroatoms. The van der Waals surface area contributed by atoms with Crippen LogP contribution in [0, 0.1) is 0 Å². The van der Waals surface area contributed by atoms with E-state index in [2.05, 4.69) is 11.9 Å². The molecule has 0 amide bonds.